The van der Waals surface area contributed by atoms with Crippen LogP contribution in [0.2, 0.25) is 0 Å². The van der Waals surface area contributed by atoms with Crippen molar-refractivity contribution in [2.45, 2.75) is 203 Å². The first-order chi connectivity index (χ1) is 31.1. The van der Waals surface area contributed by atoms with Crippen molar-refractivity contribution in [3.8, 4) is 0 Å². The summed E-state index contributed by atoms with van der Waals surface area (Å²) in [5, 5.41) is 86.5. The molecule has 64 heavy (non-hydrogen) atoms. The van der Waals surface area contributed by atoms with Crippen LogP contribution in [0.1, 0.15) is 129 Å². The molecule has 14 nitrogen and oxygen atoms in total. The van der Waals surface area contributed by atoms with E-state index in [0.29, 0.717) is 19.3 Å². The minimum Gasteiger partial charge on any atom is -0.394 e. The van der Waals surface area contributed by atoms with Crippen LogP contribution in [-0.2, 0) is 23.7 Å². The van der Waals surface area contributed by atoms with Crippen molar-refractivity contribution in [1.82, 2.24) is 5.32 Å². The Morgan fingerprint density at radius 3 is 1.72 bits per heavy atom. The Labute approximate surface area is 382 Å². The Morgan fingerprint density at radius 1 is 0.578 bits per heavy atom. The van der Waals surface area contributed by atoms with Crippen molar-refractivity contribution in [1.29, 1.82) is 0 Å². The zero-order chi connectivity index (χ0) is 46.8. The first kappa shape index (κ1) is 57.3. The number of carbonyl (C=O) groups is 1. The number of rotatable bonds is 34. The van der Waals surface area contributed by atoms with E-state index < -0.39 is 86.8 Å². The second kappa shape index (κ2) is 36.3. The van der Waals surface area contributed by atoms with E-state index in [1.54, 1.807) is 6.08 Å². The third-order valence-corrected chi connectivity index (χ3v) is 11.1. The van der Waals surface area contributed by atoms with E-state index in [9.17, 15) is 45.6 Å². The fourth-order valence-electron chi connectivity index (χ4n) is 7.16. The molecule has 0 spiro atoms. The number of carbonyl (C=O) groups excluding carboxylic acids is 1. The summed E-state index contributed by atoms with van der Waals surface area (Å²) in [6, 6.07) is -0.964. The van der Waals surface area contributed by atoms with Gasteiger partial charge in [0.25, 0.3) is 0 Å². The molecule has 12 unspecified atom stereocenters. The van der Waals surface area contributed by atoms with Crippen LogP contribution >= 0.6 is 0 Å². The van der Waals surface area contributed by atoms with Crippen LogP contribution in [0.5, 0.6) is 0 Å². The van der Waals surface area contributed by atoms with Crippen molar-refractivity contribution in [3.05, 3.63) is 85.1 Å². The Morgan fingerprint density at radius 2 is 1.09 bits per heavy atom. The fraction of sp³-hybridized carbons (Fsp3) is 0.700. The number of amides is 1. The number of nitrogens with one attached hydrogen (secondary N) is 1. The topological polar surface area (TPSA) is 228 Å². The molecule has 0 aliphatic carbocycles. The van der Waals surface area contributed by atoms with Gasteiger partial charge in [0.1, 0.15) is 48.8 Å². The molecule has 1 amide bonds. The van der Waals surface area contributed by atoms with Crippen LogP contribution in [-0.4, -0.2) is 140 Å². The van der Waals surface area contributed by atoms with Crippen LogP contribution in [0.3, 0.4) is 0 Å². The third kappa shape index (κ3) is 23.6. The van der Waals surface area contributed by atoms with Crippen molar-refractivity contribution in [2.75, 3.05) is 19.8 Å². The van der Waals surface area contributed by atoms with Crippen LogP contribution in [0.25, 0.3) is 0 Å². The average Bonchev–Trinajstić information content (AvgIpc) is 3.29. The monoisotopic (exact) mass is 906 g/mol. The molecule has 0 bridgehead atoms. The van der Waals surface area contributed by atoms with Crippen molar-refractivity contribution < 1.29 is 64.6 Å². The minimum atomic E-state index is -1.80. The van der Waals surface area contributed by atoms with Gasteiger partial charge in [0.15, 0.2) is 12.6 Å². The maximum atomic E-state index is 13.1. The Hall–Kier alpha value is -2.83. The molecule has 9 N–H and O–H groups in total. The normalized spacial score (nSPS) is 28.0. The zero-order valence-corrected chi connectivity index (χ0v) is 38.5. The quantitative estimate of drug-likeness (QED) is 0.0291. The lowest BCUT2D eigenvalue weighted by molar-refractivity contribution is -0.359. The molecule has 2 saturated heterocycles. The minimum absolute atomic E-state index is 0.190. The van der Waals surface area contributed by atoms with Crippen LogP contribution < -0.4 is 5.32 Å². The third-order valence-electron chi connectivity index (χ3n) is 11.1. The molecule has 0 aromatic heterocycles. The predicted octanol–water partition coefficient (Wildman–Crippen LogP) is 5.43. The lowest BCUT2D eigenvalue weighted by Gasteiger charge is -2.46. The van der Waals surface area contributed by atoms with E-state index >= 15 is 0 Å². The lowest BCUT2D eigenvalue weighted by Crippen LogP contribution is -2.65. The van der Waals surface area contributed by atoms with Gasteiger partial charge in [-0.3, -0.25) is 4.79 Å². The number of unbranched alkanes of at least 4 members (excludes halogenated alkanes) is 9. The van der Waals surface area contributed by atoms with Crippen LogP contribution in [0, 0.1) is 0 Å². The second-order valence-corrected chi connectivity index (χ2v) is 16.5. The summed E-state index contributed by atoms with van der Waals surface area (Å²) in [5.41, 5.74) is 0. The van der Waals surface area contributed by atoms with Crippen LogP contribution in [0.15, 0.2) is 85.1 Å². The summed E-state index contributed by atoms with van der Waals surface area (Å²) in [4.78, 5) is 13.1. The highest BCUT2D eigenvalue weighted by Gasteiger charge is 2.50. The molecule has 0 radical (unpaired) electrons. The van der Waals surface area contributed by atoms with Gasteiger partial charge >= 0.3 is 0 Å². The van der Waals surface area contributed by atoms with E-state index in [2.05, 4.69) is 86.0 Å². The molecule has 2 fully saturated rings. The van der Waals surface area contributed by atoms with Gasteiger partial charge in [0.05, 0.1) is 32.0 Å². The van der Waals surface area contributed by atoms with Crippen molar-refractivity contribution in [3.63, 3.8) is 0 Å². The van der Waals surface area contributed by atoms with Crippen molar-refractivity contribution in [2.24, 2.45) is 0 Å². The van der Waals surface area contributed by atoms with Gasteiger partial charge in [-0.2, -0.15) is 0 Å². The van der Waals surface area contributed by atoms with E-state index in [0.717, 1.165) is 44.9 Å². The average molecular weight is 906 g/mol. The van der Waals surface area contributed by atoms with E-state index in [-0.39, 0.29) is 18.9 Å². The molecular formula is C50H83NO13. The maximum absolute atomic E-state index is 13.1. The predicted molar refractivity (Wildman–Crippen MR) is 249 cm³/mol. The molecular weight excluding hydrogens is 823 g/mol. The Kier molecular flexibility index (Phi) is 32.5. The highest BCUT2D eigenvalue weighted by atomic mass is 16.7. The summed E-state index contributed by atoms with van der Waals surface area (Å²) in [5.74, 6) is -0.312. The largest absolute Gasteiger partial charge is 0.394 e. The smallest absolute Gasteiger partial charge is 0.220 e. The fourth-order valence-corrected chi connectivity index (χ4v) is 7.16. The summed E-state index contributed by atoms with van der Waals surface area (Å²) in [6.07, 6.45) is 29.2. The SMILES string of the molecule is CC/C=C\C/C=C\C/C=C\C/C=C\C/C=C\CCCC(=O)NC(COC1OC(CO)C(OC2OC(CO)C(O)C(O)C2O)C(O)C1O)C(O)/C=C/CC/C=C/CCCCCCCCC. The molecule has 0 aromatic carbocycles. The summed E-state index contributed by atoms with van der Waals surface area (Å²) >= 11 is 0. The molecule has 2 heterocycles. The van der Waals surface area contributed by atoms with Gasteiger partial charge < -0.3 is 65.1 Å². The molecule has 2 aliphatic rings. The highest BCUT2D eigenvalue weighted by Crippen LogP contribution is 2.30. The number of ether oxygens (including phenoxy) is 4. The lowest BCUT2D eigenvalue weighted by atomic mass is 9.97. The van der Waals surface area contributed by atoms with Gasteiger partial charge in [0, 0.05) is 6.42 Å². The van der Waals surface area contributed by atoms with Gasteiger partial charge in [-0.05, 0) is 70.6 Å². The number of hydrogen-bond acceptors (Lipinski definition) is 13. The molecule has 0 aromatic rings. The van der Waals surface area contributed by atoms with Gasteiger partial charge in [-0.25, -0.2) is 0 Å². The van der Waals surface area contributed by atoms with Gasteiger partial charge in [0.2, 0.25) is 5.91 Å². The zero-order valence-electron chi connectivity index (χ0n) is 38.5. The number of hydrogen-bond donors (Lipinski definition) is 9. The van der Waals surface area contributed by atoms with E-state index in [1.807, 2.05) is 12.2 Å². The standard InChI is InChI=1S/C50H83NO13/c1-3-5-7-9-11-13-15-17-18-19-20-22-24-26-28-30-32-34-42(55)51-38(39(54)33-31-29-27-25-23-21-16-14-12-10-8-6-4-2)37-61-49-47(60)45(58)48(41(36-53)63-49)64-50-46(59)44(57)43(56)40(35-52)62-50/h5,7,11,13,17-18,20,22-23,25-26,28,31,33,38-41,43-50,52-54,56-60H,3-4,6,8-10,12,14-16,19,21,24,27,29-30,32,34-37H2,1-2H3,(H,51,55)/b7-5-,13-11-,18-17-,22-20-,25-23+,28-26-,33-31+. The number of allylic oxidation sites excluding steroid dienone is 13. The summed E-state index contributed by atoms with van der Waals surface area (Å²) < 4.78 is 22.6. The first-order valence-electron chi connectivity index (χ1n) is 23.8. The van der Waals surface area contributed by atoms with E-state index in [1.165, 1.54) is 44.9 Å². The van der Waals surface area contributed by atoms with E-state index in [4.69, 9.17) is 18.9 Å². The summed E-state index contributed by atoms with van der Waals surface area (Å²) in [7, 11) is 0. The summed E-state index contributed by atoms with van der Waals surface area (Å²) in [6.45, 7) is 2.56. The maximum Gasteiger partial charge on any atom is 0.220 e. The highest BCUT2D eigenvalue weighted by molar-refractivity contribution is 5.76. The molecule has 2 rings (SSSR count). The Bertz CT molecular complexity index is 1400. The molecule has 14 heteroatoms. The molecule has 0 saturated carbocycles. The molecule has 12 atom stereocenters. The Balaban J connectivity index is 1.93. The van der Waals surface area contributed by atoms with Crippen molar-refractivity contribution >= 4 is 5.91 Å². The first-order valence-corrected chi connectivity index (χ1v) is 23.8. The second-order valence-electron chi connectivity index (χ2n) is 16.5. The van der Waals surface area contributed by atoms with Gasteiger partial charge in [-0.1, -0.05) is 137 Å². The molecule has 2 aliphatic heterocycles. The number of aliphatic hydroxyl groups excluding tert-OH is 8. The molecule has 366 valence electrons. The number of aliphatic hydroxyl groups is 8. The van der Waals surface area contributed by atoms with Gasteiger partial charge in [-0.15, -0.1) is 0 Å². The van der Waals surface area contributed by atoms with Crippen LogP contribution in [0.4, 0.5) is 0 Å².